The van der Waals surface area contributed by atoms with E-state index in [1.807, 2.05) is 0 Å². The molecular weight excluding hydrogens is 188 g/mol. The van der Waals surface area contributed by atoms with Crippen molar-refractivity contribution in [1.82, 2.24) is 9.97 Å². The summed E-state index contributed by atoms with van der Waals surface area (Å²) >= 11 is 0. The first-order valence-electron chi connectivity index (χ1n) is 5.62. The van der Waals surface area contributed by atoms with Crippen molar-refractivity contribution >= 4 is 11.8 Å². The highest BCUT2D eigenvalue weighted by atomic mass is 15.0. The Labute approximate surface area is 90.1 Å². The smallest absolute Gasteiger partial charge is 0.221 e. The molecular formula is C11H18N4. The largest absolute Gasteiger partial charge is 0.383 e. The van der Waals surface area contributed by atoms with E-state index in [9.17, 15) is 0 Å². The van der Waals surface area contributed by atoms with E-state index in [-0.39, 0.29) is 5.95 Å². The second kappa shape index (κ2) is 4.47. The molecule has 4 heteroatoms. The SMILES string of the molecule is Nc1ncc(CC2CCCCC2)c(N)n1. The second-order valence-corrected chi connectivity index (χ2v) is 4.35. The molecule has 82 valence electrons. The lowest BCUT2D eigenvalue weighted by Gasteiger charge is -2.21. The number of aromatic nitrogens is 2. The number of nitrogen functional groups attached to an aromatic ring is 2. The zero-order valence-electron chi connectivity index (χ0n) is 8.95. The lowest BCUT2D eigenvalue weighted by molar-refractivity contribution is 0.356. The first-order chi connectivity index (χ1) is 7.25. The zero-order valence-corrected chi connectivity index (χ0v) is 8.95. The fourth-order valence-corrected chi connectivity index (χ4v) is 2.29. The Morgan fingerprint density at radius 2 is 1.93 bits per heavy atom. The quantitative estimate of drug-likeness (QED) is 0.773. The van der Waals surface area contributed by atoms with E-state index in [2.05, 4.69) is 9.97 Å². The van der Waals surface area contributed by atoms with Crippen LogP contribution in [0.3, 0.4) is 0 Å². The summed E-state index contributed by atoms with van der Waals surface area (Å²) in [5.74, 6) is 1.57. The Morgan fingerprint density at radius 3 is 2.60 bits per heavy atom. The van der Waals surface area contributed by atoms with Crippen LogP contribution in [0.2, 0.25) is 0 Å². The van der Waals surface area contributed by atoms with Gasteiger partial charge in [-0.15, -0.1) is 0 Å². The first kappa shape index (κ1) is 10.2. The highest BCUT2D eigenvalue weighted by Crippen LogP contribution is 2.27. The molecule has 0 bridgehead atoms. The molecule has 0 atom stereocenters. The number of nitrogens with two attached hydrogens (primary N) is 2. The third kappa shape index (κ3) is 2.58. The van der Waals surface area contributed by atoms with Gasteiger partial charge in [0, 0.05) is 11.8 Å². The summed E-state index contributed by atoms with van der Waals surface area (Å²) in [6.07, 6.45) is 9.47. The predicted molar refractivity (Wildman–Crippen MR) is 61.1 cm³/mol. The van der Waals surface area contributed by atoms with Gasteiger partial charge in [-0.3, -0.25) is 0 Å². The molecule has 1 aliphatic rings. The number of anilines is 2. The maximum Gasteiger partial charge on any atom is 0.221 e. The molecule has 1 aromatic rings. The minimum Gasteiger partial charge on any atom is -0.383 e. The number of hydrogen-bond donors (Lipinski definition) is 2. The number of hydrogen-bond acceptors (Lipinski definition) is 4. The maximum atomic E-state index is 5.81. The van der Waals surface area contributed by atoms with E-state index in [1.165, 1.54) is 32.1 Å². The lowest BCUT2D eigenvalue weighted by atomic mass is 9.85. The average molecular weight is 206 g/mol. The van der Waals surface area contributed by atoms with Crippen LogP contribution < -0.4 is 11.5 Å². The molecule has 0 amide bonds. The van der Waals surface area contributed by atoms with Crippen molar-refractivity contribution in [3.05, 3.63) is 11.8 Å². The van der Waals surface area contributed by atoms with Gasteiger partial charge < -0.3 is 11.5 Å². The van der Waals surface area contributed by atoms with E-state index in [4.69, 9.17) is 11.5 Å². The summed E-state index contributed by atoms with van der Waals surface area (Å²) in [4.78, 5) is 7.98. The van der Waals surface area contributed by atoms with Crippen LogP contribution in [0.1, 0.15) is 37.7 Å². The molecule has 0 unspecified atom stereocenters. The van der Waals surface area contributed by atoms with Gasteiger partial charge in [0.15, 0.2) is 0 Å². The molecule has 2 rings (SSSR count). The summed E-state index contributed by atoms with van der Waals surface area (Å²) in [7, 11) is 0. The van der Waals surface area contributed by atoms with E-state index in [0.29, 0.717) is 5.82 Å². The minimum atomic E-state index is 0.264. The molecule has 4 nitrogen and oxygen atoms in total. The first-order valence-corrected chi connectivity index (χ1v) is 5.62. The molecule has 0 aromatic carbocycles. The summed E-state index contributed by atoms with van der Waals surface area (Å²) in [6, 6.07) is 0. The van der Waals surface area contributed by atoms with Crippen molar-refractivity contribution in [3.63, 3.8) is 0 Å². The van der Waals surface area contributed by atoms with Gasteiger partial charge in [0.2, 0.25) is 5.95 Å². The third-order valence-corrected chi connectivity index (χ3v) is 3.15. The normalized spacial score (nSPS) is 17.9. The molecule has 0 radical (unpaired) electrons. The molecule has 1 heterocycles. The maximum absolute atomic E-state index is 5.81. The van der Waals surface area contributed by atoms with Gasteiger partial charge in [0.1, 0.15) is 5.82 Å². The van der Waals surface area contributed by atoms with Crippen LogP contribution in [-0.2, 0) is 6.42 Å². The van der Waals surface area contributed by atoms with E-state index in [0.717, 1.165) is 17.9 Å². The molecule has 0 aliphatic heterocycles. The Kier molecular flexibility index (Phi) is 3.04. The van der Waals surface area contributed by atoms with Crippen LogP contribution in [0, 0.1) is 5.92 Å². The van der Waals surface area contributed by atoms with Crippen LogP contribution in [0.4, 0.5) is 11.8 Å². The van der Waals surface area contributed by atoms with Gasteiger partial charge in [-0.1, -0.05) is 32.1 Å². The summed E-state index contributed by atoms with van der Waals surface area (Å²) in [5.41, 5.74) is 12.3. The topological polar surface area (TPSA) is 77.8 Å². The van der Waals surface area contributed by atoms with Gasteiger partial charge in [-0.2, -0.15) is 4.98 Å². The fourth-order valence-electron chi connectivity index (χ4n) is 2.29. The van der Waals surface area contributed by atoms with E-state index < -0.39 is 0 Å². The van der Waals surface area contributed by atoms with Gasteiger partial charge in [0.25, 0.3) is 0 Å². The minimum absolute atomic E-state index is 0.264. The summed E-state index contributed by atoms with van der Waals surface area (Å²) < 4.78 is 0. The molecule has 1 saturated carbocycles. The zero-order chi connectivity index (χ0) is 10.7. The van der Waals surface area contributed by atoms with Crippen molar-refractivity contribution in [3.8, 4) is 0 Å². The molecule has 0 saturated heterocycles. The summed E-state index contributed by atoms with van der Waals surface area (Å²) in [5, 5.41) is 0. The highest BCUT2D eigenvalue weighted by Gasteiger charge is 2.15. The Morgan fingerprint density at radius 1 is 1.20 bits per heavy atom. The van der Waals surface area contributed by atoms with Crippen molar-refractivity contribution in [2.75, 3.05) is 11.5 Å². The van der Waals surface area contributed by atoms with Crippen LogP contribution in [0.15, 0.2) is 6.20 Å². The standard InChI is InChI=1S/C11H18N4/c12-10-9(7-14-11(13)15-10)6-8-4-2-1-3-5-8/h7-8H,1-6H2,(H4,12,13,14,15). The van der Waals surface area contributed by atoms with Gasteiger partial charge >= 0.3 is 0 Å². The Balaban J connectivity index is 2.03. The van der Waals surface area contributed by atoms with Crippen molar-refractivity contribution < 1.29 is 0 Å². The van der Waals surface area contributed by atoms with Gasteiger partial charge in [0.05, 0.1) is 0 Å². The van der Waals surface area contributed by atoms with Gasteiger partial charge in [-0.25, -0.2) is 4.98 Å². The summed E-state index contributed by atoms with van der Waals surface area (Å²) in [6.45, 7) is 0. The van der Waals surface area contributed by atoms with Crippen molar-refractivity contribution in [2.45, 2.75) is 38.5 Å². The molecule has 1 fully saturated rings. The van der Waals surface area contributed by atoms with E-state index >= 15 is 0 Å². The fraction of sp³-hybridized carbons (Fsp3) is 0.636. The third-order valence-electron chi connectivity index (χ3n) is 3.15. The molecule has 1 aliphatic carbocycles. The monoisotopic (exact) mass is 206 g/mol. The predicted octanol–water partition coefficient (Wildman–Crippen LogP) is 1.76. The molecule has 4 N–H and O–H groups in total. The van der Waals surface area contributed by atoms with Crippen molar-refractivity contribution in [2.24, 2.45) is 5.92 Å². The lowest BCUT2D eigenvalue weighted by Crippen LogP contribution is -2.12. The molecule has 15 heavy (non-hydrogen) atoms. The second-order valence-electron chi connectivity index (χ2n) is 4.35. The highest BCUT2D eigenvalue weighted by molar-refractivity contribution is 5.41. The van der Waals surface area contributed by atoms with E-state index in [1.54, 1.807) is 6.20 Å². The van der Waals surface area contributed by atoms with Crippen LogP contribution in [-0.4, -0.2) is 9.97 Å². The van der Waals surface area contributed by atoms with Crippen molar-refractivity contribution in [1.29, 1.82) is 0 Å². The number of nitrogens with zero attached hydrogens (tertiary/aromatic N) is 2. The van der Waals surface area contributed by atoms with Crippen LogP contribution in [0.5, 0.6) is 0 Å². The Hall–Kier alpha value is -1.32. The van der Waals surface area contributed by atoms with Crippen LogP contribution >= 0.6 is 0 Å². The number of rotatable bonds is 2. The Bertz CT molecular complexity index is 331. The molecule has 0 spiro atoms. The average Bonchev–Trinajstić information content (AvgIpc) is 2.24. The van der Waals surface area contributed by atoms with Crippen LogP contribution in [0.25, 0.3) is 0 Å². The van der Waals surface area contributed by atoms with Gasteiger partial charge in [-0.05, 0) is 12.3 Å². The molecule has 1 aromatic heterocycles.